The number of nitrogens with one attached hydrogen (secondary N) is 1. The van der Waals surface area contributed by atoms with Gasteiger partial charge in [-0.2, -0.15) is 5.26 Å². The third-order valence-corrected chi connectivity index (χ3v) is 3.09. The molecule has 1 aromatic heterocycles. The fourth-order valence-corrected chi connectivity index (χ4v) is 2.18. The number of benzene rings is 1. The van der Waals surface area contributed by atoms with Gasteiger partial charge in [-0.3, -0.25) is 0 Å². The molecule has 0 aliphatic carbocycles. The zero-order chi connectivity index (χ0) is 12.3. The number of nitrogens with zero attached hydrogens (tertiary/aromatic N) is 2. The van der Waals surface area contributed by atoms with Gasteiger partial charge in [-0.1, -0.05) is 11.8 Å². The van der Waals surface area contributed by atoms with Gasteiger partial charge < -0.3 is 9.72 Å². The van der Waals surface area contributed by atoms with Crippen molar-refractivity contribution in [3.63, 3.8) is 0 Å². The van der Waals surface area contributed by atoms with E-state index in [-0.39, 0.29) is 5.25 Å². The number of nitriles is 1. The number of imidazole rings is 1. The van der Waals surface area contributed by atoms with E-state index in [1.807, 2.05) is 32.0 Å². The van der Waals surface area contributed by atoms with E-state index >= 15 is 0 Å². The lowest BCUT2D eigenvalue weighted by Gasteiger charge is -2.00. The van der Waals surface area contributed by atoms with Crippen LogP contribution in [-0.4, -0.2) is 21.8 Å². The molecule has 17 heavy (non-hydrogen) atoms. The lowest BCUT2D eigenvalue weighted by atomic mass is 10.3. The van der Waals surface area contributed by atoms with E-state index < -0.39 is 0 Å². The summed E-state index contributed by atoms with van der Waals surface area (Å²) in [4.78, 5) is 7.58. The minimum absolute atomic E-state index is 0.109. The molecule has 0 bridgehead atoms. The Balaban J connectivity index is 2.28. The molecule has 1 aromatic carbocycles. The van der Waals surface area contributed by atoms with Crippen LogP contribution in [-0.2, 0) is 0 Å². The average molecular weight is 247 g/mol. The van der Waals surface area contributed by atoms with Gasteiger partial charge in [0.1, 0.15) is 5.75 Å². The minimum atomic E-state index is -0.109. The standard InChI is InChI=1S/C12H13N3OS/c1-3-16-9-4-5-10-11(6-9)15-12(14-10)17-8(2)7-13/h4-6,8H,3H2,1-2H3,(H,14,15). The number of rotatable bonds is 4. The molecule has 0 saturated heterocycles. The van der Waals surface area contributed by atoms with Crippen LogP contribution in [0.3, 0.4) is 0 Å². The summed E-state index contributed by atoms with van der Waals surface area (Å²) in [5, 5.41) is 9.41. The quantitative estimate of drug-likeness (QED) is 0.844. The highest BCUT2D eigenvalue weighted by Crippen LogP contribution is 2.25. The van der Waals surface area contributed by atoms with Gasteiger partial charge in [-0.05, 0) is 26.0 Å². The lowest BCUT2D eigenvalue weighted by Crippen LogP contribution is -1.90. The molecule has 0 radical (unpaired) electrons. The maximum absolute atomic E-state index is 8.75. The molecule has 0 spiro atoms. The summed E-state index contributed by atoms with van der Waals surface area (Å²) >= 11 is 1.42. The number of ether oxygens (including phenoxy) is 1. The first kappa shape index (κ1) is 11.8. The Morgan fingerprint density at radius 2 is 2.41 bits per heavy atom. The summed E-state index contributed by atoms with van der Waals surface area (Å²) in [5.74, 6) is 0.827. The maximum atomic E-state index is 8.75. The van der Waals surface area contributed by atoms with Crippen LogP contribution in [0.1, 0.15) is 13.8 Å². The van der Waals surface area contributed by atoms with Crippen LogP contribution in [0.5, 0.6) is 5.75 Å². The second-order valence-electron chi connectivity index (χ2n) is 3.54. The number of H-pyrrole nitrogens is 1. The highest BCUT2D eigenvalue weighted by Gasteiger charge is 2.08. The smallest absolute Gasteiger partial charge is 0.167 e. The zero-order valence-electron chi connectivity index (χ0n) is 9.73. The largest absolute Gasteiger partial charge is 0.494 e. The highest BCUT2D eigenvalue weighted by molar-refractivity contribution is 8.00. The van der Waals surface area contributed by atoms with Gasteiger partial charge in [-0.25, -0.2) is 4.98 Å². The van der Waals surface area contributed by atoms with Crippen LogP contribution >= 0.6 is 11.8 Å². The summed E-state index contributed by atoms with van der Waals surface area (Å²) in [6, 6.07) is 7.90. The first-order valence-corrected chi connectivity index (χ1v) is 6.29. The molecule has 0 amide bonds. The number of hydrogen-bond donors (Lipinski definition) is 1. The van der Waals surface area contributed by atoms with E-state index in [9.17, 15) is 0 Å². The van der Waals surface area contributed by atoms with Crippen LogP contribution in [0, 0.1) is 11.3 Å². The molecule has 2 rings (SSSR count). The molecule has 88 valence electrons. The summed E-state index contributed by atoms with van der Waals surface area (Å²) in [6.07, 6.45) is 0. The molecule has 1 atom stereocenters. The Morgan fingerprint density at radius 1 is 1.59 bits per heavy atom. The third-order valence-electron chi connectivity index (χ3n) is 2.21. The molecule has 1 unspecified atom stereocenters. The monoisotopic (exact) mass is 247 g/mol. The van der Waals surface area contributed by atoms with Crippen LogP contribution in [0.15, 0.2) is 23.4 Å². The fraction of sp³-hybridized carbons (Fsp3) is 0.333. The van der Waals surface area contributed by atoms with Crippen molar-refractivity contribution in [2.24, 2.45) is 0 Å². The van der Waals surface area contributed by atoms with Crippen LogP contribution < -0.4 is 4.74 Å². The number of aromatic amines is 1. The predicted molar refractivity (Wildman–Crippen MR) is 68.2 cm³/mol. The van der Waals surface area contributed by atoms with E-state index in [2.05, 4.69) is 16.0 Å². The summed E-state index contributed by atoms with van der Waals surface area (Å²) < 4.78 is 5.42. The van der Waals surface area contributed by atoms with Gasteiger partial charge in [0.25, 0.3) is 0 Å². The van der Waals surface area contributed by atoms with E-state index in [1.54, 1.807) is 0 Å². The number of hydrogen-bond acceptors (Lipinski definition) is 4. The molecule has 4 nitrogen and oxygen atoms in total. The Bertz CT molecular complexity index is 558. The SMILES string of the molecule is CCOc1ccc2nc(SC(C)C#N)[nH]c2c1. The van der Waals surface area contributed by atoms with Gasteiger partial charge >= 0.3 is 0 Å². The average Bonchev–Trinajstić information content (AvgIpc) is 2.70. The van der Waals surface area contributed by atoms with Crippen molar-refractivity contribution in [2.75, 3.05) is 6.61 Å². The van der Waals surface area contributed by atoms with E-state index in [1.165, 1.54) is 11.8 Å². The molecule has 1 heterocycles. The minimum Gasteiger partial charge on any atom is -0.494 e. The van der Waals surface area contributed by atoms with Crippen LogP contribution in [0.4, 0.5) is 0 Å². The number of thioether (sulfide) groups is 1. The summed E-state index contributed by atoms with van der Waals surface area (Å²) in [6.45, 7) is 4.45. The summed E-state index contributed by atoms with van der Waals surface area (Å²) in [7, 11) is 0. The van der Waals surface area contributed by atoms with Crippen molar-refractivity contribution in [2.45, 2.75) is 24.3 Å². The second kappa shape index (κ2) is 5.11. The Morgan fingerprint density at radius 3 is 3.12 bits per heavy atom. The molecular weight excluding hydrogens is 234 g/mol. The summed E-state index contributed by atoms with van der Waals surface area (Å²) in [5.41, 5.74) is 1.82. The normalized spacial score (nSPS) is 12.3. The van der Waals surface area contributed by atoms with Gasteiger partial charge in [0.05, 0.1) is 29.0 Å². The van der Waals surface area contributed by atoms with E-state index in [0.717, 1.165) is 21.9 Å². The van der Waals surface area contributed by atoms with Crippen molar-refractivity contribution in [3.05, 3.63) is 18.2 Å². The molecule has 0 aliphatic heterocycles. The van der Waals surface area contributed by atoms with Crippen molar-refractivity contribution in [1.29, 1.82) is 5.26 Å². The van der Waals surface area contributed by atoms with Crippen molar-refractivity contribution in [1.82, 2.24) is 9.97 Å². The first-order valence-electron chi connectivity index (χ1n) is 5.41. The van der Waals surface area contributed by atoms with Gasteiger partial charge in [0.2, 0.25) is 0 Å². The van der Waals surface area contributed by atoms with E-state index in [4.69, 9.17) is 10.00 Å². The van der Waals surface area contributed by atoms with Gasteiger partial charge in [-0.15, -0.1) is 0 Å². The number of fused-ring (bicyclic) bond motifs is 1. The highest BCUT2D eigenvalue weighted by atomic mass is 32.2. The molecule has 0 saturated carbocycles. The van der Waals surface area contributed by atoms with E-state index in [0.29, 0.717) is 6.61 Å². The number of aromatic nitrogens is 2. The predicted octanol–water partition coefficient (Wildman–Crippen LogP) is 2.97. The van der Waals surface area contributed by atoms with Gasteiger partial charge in [0, 0.05) is 6.07 Å². The zero-order valence-corrected chi connectivity index (χ0v) is 10.5. The molecule has 1 N–H and O–H groups in total. The topological polar surface area (TPSA) is 61.7 Å². The second-order valence-corrected chi connectivity index (χ2v) is 4.87. The fourth-order valence-electron chi connectivity index (χ4n) is 1.47. The van der Waals surface area contributed by atoms with Crippen LogP contribution in [0.2, 0.25) is 0 Å². The Kier molecular flexibility index (Phi) is 3.55. The molecule has 2 aromatic rings. The third kappa shape index (κ3) is 2.71. The molecule has 0 fully saturated rings. The lowest BCUT2D eigenvalue weighted by molar-refractivity contribution is 0.340. The Hall–Kier alpha value is -1.67. The molecular formula is C12H13N3OS. The van der Waals surface area contributed by atoms with Crippen LogP contribution in [0.25, 0.3) is 11.0 Å². The maximum Gasteiger partial charge on any atom is 0.167 e. The molecule has 5 heteroatoms. The van der Waals surface area contributed by atoms with Crippen molar-refractivity contribution < 1.29 is 4.74 Å². The van der Waals surface area contributed by atoms with Crippen molar-refractivity contribution in [3.8, 4) is 11.8 Å². The van der Waals surface area contributed by atoms with Gasteiger partial charge in [0.15, 0.2) is 5.16 Å². The first-order chi connectivity index (χ1) is 8.22. The van der Waals surface area contributed by atoms with Crippen molar-refractivity contribution >= 4 is 22.8 Å². The molecule has 0 aliphatic rings. The Labute approximate surface area is 104 Å².